The molecule has 5 fully saturated rings. The molecule has 1 aromatic carbocycles. The smallest absolute Gasteiger partial charge is 0.320 e. The van der Waals surface area contributed by atoms with Crippen LogP contribution in [0.2, 0.25) is 0 Å². The Morgan fingerprint density at radius 3 is 2.37 bits per heavy atom. The molecular weight excluding hydrogens is 461 g/mol. The highest BCUT2D eigenvalue weighted by molar-refractivity contribution is 7.59. The van der Waals surface area contributed by atoms with Crippen molar-refractivity contribution in [1.29, 1.82) is 0 Å². The standard InChI is InChI=1S/C27H38N3O4P/c1-17-9-11-19-12-10-18(13-17)14-25(19)29-20-5-4-6-21(29)16-22(15-20)30-24-8-3-2-7-23(24)28-26(27(30)31)35(32,33)34/h2-3,7-8,17-22,25H,4-6,9-16H2,1H3,(H2,32,33,34)/t17-,18-,19?,20-,21+,22+,25-/m1/s1. The zero-order valence-corrected chi connectivity index (χ0v) is 21.5. The van der Waals surface area contributed by atoms with Gasteiger partial charge in [0.15, 0.2) is 0 Å². The van der Waals surface area contributed by atoms with Gasteiger partial charge >= 0.3 is 7.60 Å². The number of hydrogen-bond acceptors (Lipinski definition) is 4. The minimum absolute atomic E-state index is 0.0574. The van der Waals surface area contributed by atoms with Gasteiger partial charge in [0, 0.05) is 24.2 Å². The third-order valence-electron chi connectivity index (χ3n) is 9.64. The number of piperidine rings is 2. The zero-order valence-electron chi connectivity index (χ0n) is 20.6. The lowest BCUT2D eigenvalue weighted by Gasteiger charge is -2.56. The van der Waals surface area contributed by atoms with Gasteiger partial charge in [0.2, 0.25) is 5.44 Å². The molecule has 1 unspecified atom stereocenters. The Balaban J connectivity index is 1.36. The Kier molecular flexibility index (Phi) is 6.19. The predicted molar refractivity (Wildman–Crippen MR) is 137 cm³/mol. The van der Waals surface area contributed by atoms with E-state index in [4.69, 9.17) is 0 Å². The molecular formula is C27H38N3O4P. The molecule has 3 aliphatic carbocycles. The molecule has 3 heterocycles. The first-order chi connectivity index (χ1) is 16.8. The largest absolute Gasteiger partial charge is 0.380 e. The monoisotopic (exact) mass is 499 g/mol. The van der Waals surface area contributed by atoms with E-state index in [9.17, 15) is 19.1 Å². The molecule has 2 aliphatic heterocycles. The van der Waals surface area contributed by atoms with Gasteiger partial charge in [-0.05, 0) is 81.3 Å². The predicted octanol–water partition coefficient (Wildman–Crippen LogP) is 4.36. The highest BCUT2D eigenvalue weighted by Crippen LogP contribution is 2.48. The second kappa shape index (κ2) is 9.09. The van der Waals surface area contributed by atoms with E-state index in [-0.39, 0.29) is 6.04 Å². The number of fused-ring (bicyclic) bond motifs is 9. The van der Waals surface area contributed by atoms with Gasteiger partial charge in [-0.3, -0.25) is 14.3 Å². The summed E-state index contributed by atoms with van der Waals surface area (Å²) in [4.78, 5) is 40.2. The molecule has 2 saturated heterocycles. The summed E-state index contributed by atoms with van der Waals surface area (Å²) in [5.74, 6) is 2.49. The molecule has 35 heavy (non-hydrogen) atoms. The maximum Gasteiger partial charge on any atom is 0.380 e. The summed E-state index contributed by atoms with van der Waals surface area (Å²) in [6.07, 6.45) is 13.4. The third-order valence-corrected chi connectivity index (χ3v) is 10.5. The number of benzene rings is 1. The summed E-state index contributed by atoms with van der Waals surface area (Å²) in [5.41, 5.74) is -0.0718. The quantitative estimate of drug-likeness (QED) is 0.610. The summed E-state index contributed by atoms with van der Waals surface area (Å²) in [5, 5.41) is 0. The summed E-state index contributed by atoms with van der Waals surface area (Å²) < 4.78 is 13.8. The first-order valence-electron chi connectivity index (χ1n) is 13.6. The number of nitrogens with zero attached hydrogens (tertiary/aromatic N) is 3. The lowest BCUT2D eigenvalue weighted by molar-refractivity contribution is -0.0628. The normalized spacial score (nSPS) is 36.1. The van der Waals surface area contributed by atoms with Gasteiger partial charge in [-0.15, -0.1) is 0 Å². The van der Waals surface area contributed by atoms with Crippen LogP contribution in [0.1, 0.15) is 83.6 Å². The fourth-order valence-corrected chi connectivity index (χ4v) is 8.83. The van der Waals surface area contributed by atoms with Gasteiger partial charge in [-0.1, -0.05) is 38.3 Å². The number of aromatic nitrogens is 2. The Labute approximate surface area is 207 Å². The van der Waals surface area contributed by atoms with Crippen LogP contribution in [0, 0.1) is 17.8 Å². The first kappa shape index (κ1) is 23.8. The zero-order chi connectivity index (χ0) is 24.3. The Bertz CT molecular complexity index is 1190. The van der Waals surface area contributed by atoms with E-state index in [2.05, 4.69) is 16.8 Å². The van der Waals surface area contributed by atoms with Gasteiger partial charge in [-0.2, -0.15) is 0 Å². The molecule has 7 rings (SSSR count). The van der Waals surface area contributed by atoms with E-state index in [0.29, 0.717) is 29.2 Å². The summed E-state index contributed by atoms with van der Waals surface area (Å²) in [6.45, 7) is 2.43. The van der Waals surface area contributed by atoms with Crippen LogP contribution in [0.25, 0.3) is 11.0 Å². The number of rotatable bonds is 3. The Morgan fingerprint density at radius 2 is 1.63 bits per heavy atom. The van der Waals surface area contributed by atoms with E-state index >= 15 is 0 Å². The second-order valence-electron chi connectivity index (χ2n) is 11.9. The van der Waals surface area contributed by atoms with Crippen molar-refractivity contribution in [3.63, 3.8) is 0 Å². The SMILES string of the molecule is C[C@@H]1CCC2CC[C@H](C1)C[C@H]2N1[C@@H]2CCC[C@H]1C[C@@H](n1c(=O)c(P(=O)(O)O)nc3ccccc31)C2. The molecule has 0 radical (unpaired) electrons. The molecule has 190 valence electrons. The first-order valence-corrected chi connectivity index (χ1v) is 15.3. The molecule has 4 bridgehead atoms. The van der Waals surface area contributed by atoms with Gasteiger partial charge in [0.25, 0.3) is 5.56 Å². The molecule has 5 aliphatic rings. The fraction of sp³-hybridized carbons (Fsp3) is 0.704. The van der Waals surface area contributed by atoms with Crippen molar-refractivity contribution in [3.8, 4) is 0 Å². The van der Waals surface area contributed by atoms with E-state index in [1.165, 1.54) is 44.9 Å². The van der Waals surface area contributed by atoms with E-state index in [1.807, 2.05) is 12.1 Å². The molecule has 1 aromatic heterocycles. The molecule has 2 N–H and O–H groups in total. The maximum atomic E-state index is 13.4. The van der Waals surface area contributed by atoms with Crippen LogP contribution in [0.4, 0.5) is 0 Å². The average Bonchev–Trinajstić information content (AvgIpc) is 2.79. The molecule has 7 nitrogen and oxygen atoms in total. The third kappa shape index (κ3) is 4.33. The van der Waals surface area contributed by atoms with Crippen molar-refractivity contribution >= 4 is 24.1 Å². The molecule has 2 aromatic rings. The van der Waals surface area contributed by atoms with Crippen LogP contribution in [0.3, 0.4) is 0 Å². The van der Waals surface area contributed by atoms with Crippen molar-refractivity contribution in [2.45, 2.75) is 102 Å². The van der Waals surface area contributed by atoms with Gasteiger partial charge in [0.05, 0.1) is 11.0 Å². The minimum atomic E-state index is -4.77. The van der Waals surface area contributed by atoms with Crippen LogP contribution in [-0.4, -0.2) is 42.4 Å². The van der Waals surface area contributed by atoms with Crippen molar-refractivity contribution in [3.05, 3.63) is 34.6 Å². The number of hydrogen-bond donors (Lipinski definition) is 2. The van der Waals surface area contributed by atoms with Gasteiger partial charge in [-0.25, -0.2) is 4.98 Å². The summed E-state index contributed by atoms with van der Waals surface area (Å²) >= 11 is 0. The molecule has 3 saturated carbocycles. The highest BCUT2D eigenvalue weighted by atomic mass is 31.2. The summed E-state index contributed by atoms with van der Waals surface area (Å²) in [7, 11) is -4.77. The fourth-order valence-electron chi connectivity index (χ4n) is 8.23. The van der Waals surface area contributed by atoms with Crippen LogP contribution in [-0.2, 0) is 4.57 Å². The van der Waals surface area contributed by atoms with Crippen molar-refractivity contribution in [2.24, 2.45) is 17.8 Å². The maximum absolute atomic E-state index is 13.4. The number of para-hydroxylation sites is 2. The minimum Gasteiger partial charge on any atom is -0.320 e. The summed E-state index contributed by atoms with van der Waals surface area (Å²) in [6, 6.07) is 8.76. The van der Waals surface area contributed by atoms with Crippen molar-refractivity contribution < 1.29 is 14.4 Å². The topological polar surface area (TPSA) is 95.7 Å². The average molecular weight is 500 g/mol. The highest BCUT2D eigenvalue weighted by Gasteiger charge is 2.47. The van der Waals surface area contributed by atoms with E-state index in [0.717, 1.165) is 43.4 Å². The van der Waals surface area contributed by atoms with Crippen LogP contribution < -0.4 is 11.0 Å². The van der Waals surface area contributed by atoms with Gasteiger partial charge in [0.1, 0.15) is 0 Å². The van der Waals surface area contributed by atoms with Crippen molar-refractivity contribution in [1.82, 2.24) is 14.5 Å². The second-order valence-corrected chi connectivity index (χ2v) is 13.4. The molecule has 7 atom stereocenters. The van der Waals surface area contributed by atoms with Crippen molar-refractivity contribution in [2.75, 3.05) is 0 Å². The molecule has 0 amide bonds. The van der Waals surface area contributed by atoms with Crippen LogP contribution in [0.15, 0.2) is 29.1 Å². The Morgan fingerprint density at radius 1 is 0.914 bits per heavy atom. The van der Waals surface area contributed by atoms with Gasteiger partial charge < -0.3 is 14.4 Å². The lowest BCUT2D eigenvalue weighted by atomic mass is 9.67. The lowest BCUT2D eigenvalue weighted by Crippen LogP contribution is -2.60. The van der Waals surface area contributed by atoms with Crippen LogP contribution >= 0.6 is 7.60 Å². The van der Waals surface area contributed by atoms with E-state index in [1.54, 1.807) is 16.7 Å². The van der Waals surface area contributed by atoms with E-state index < -0.39 is 18.6 Å². The Hall–Kier alpha value is -1.53. The van der Waals surface area contributed by atoms with Crippen LogP contribution in [0.5, 0.6) is 0 Å². The molecule has 0 spiro atoms. The molecule has 8 heteroatoms.